The summed E-state index contributed by atoms with van der Waals surface area (Å²) in [4.78, 5) is 33.0. The minimum absolute atomic E-state index is 0.0361. The number of aromatic nitrogens is 1. The molecule has 1 aromatic rings. The Hall–Kier alpha value is -1.86. The minimum atomic E-state index is -0.464. The highest BCUT2D eigenvalue weighted by molar-refractivity contribution is 7.99. The second-order valence-electron chi connectivity index (χ2n) is 11.0. The second-order valence-corrected chi connectivity index (χ2v) is 12.3. The van der Waals surface area contributed by atoms with Crippen LogP contribution >= 0.6 is 11.8 Å². The van der Waals surface area contributed by atoms with Crippen molar-refractivity contribution in [1.29, 1.82) is 0 Å². The number of esters is 1. The van der Waals surface area contributed by atoms with Crippen LogP contribution in [0.5, 0.6) is 0 Å². The van der Waals surface area contributed by atoms with E-state index in [0.717, 1.165) is 43.3 Å². The molecule has 8 atom stereocenters. The first-order valence-corrected chi connectivity index (χ1v) is 14.5. The van der Waals surface area contributed by atoms with Crippen LogP contribution in [0.4, 0.5) is 0 Å². The van der Waals surface area contributed by atoms with E-state index in [0.29, 0.717) is 5.25 Å². The number of ether oxygens (including phenoxy) is 2. The van der Waals surface area contributed by atoms with Crippen LogP contribution in [-0.4, -0.2) is 57.8 Å². The van der Waals surface area contributed by atoms with Gasteiger partial charge < -0.3 is 14.4 Å². The molecule has 5 aliphatic rings. The van der Waals surface area contributed by atoms with Gasteiger partial charge in [-0.2, -0.15) is 11.8 Å². The van der Waals surface area contributed by atoms with Crippen LogP contribution in [0.15, 0.2) is 36.3 Å². The van der Waals surface area contributed by atoms with Gasteiger partial charge in [0.2, 0.25) is 0 Å². The molecule has 7 heteroatoms. The van der Waals surface area contributed by atoms with Gasteiger partial charge in [0.1, 0.15) is 5.57 Å². The first kappa shape index (κ1) is 23.5. The van der Waals surface area contributed by atoms with E-state index in [1.165, 1.54) is 31.2 Å². The van der Waals surface area contributed by atoms with Gasteiger partial charge in [-0.05, 0) is 62.1 Å². The van der Waals surface area contributed by atoms with Crippen LogP contribution in [0, 0.1) is 17.8 Å². The number of pyridine rings is 1. The van der Waals surface area contributed by atoms with Crippen LogP contribution in [0.25, 0.3) is 0 Å². The van der Waals surface area contributed by atoms with E-state index in [4.69, 9.17) is 9.47 Å². The lowest BCUT2D eigenvalue weighted by atomic mass is 9.65. The maximum Gasteiger partial charge on any atom is 0.343 e. The predicted molar refractivity (Wildman–Crippen MR) is 135 cm³/mol. The molecule has 3 heterocycles. The number of ketones is 1. The van der Waals surface area contributed by atoms with Gasteiger partial charge in [0.05, 0.1) is 30.9 Å². The van der Waals surface area contributed by atoms with Crippen molar-refractivity contribution in [1.82, 2.24) is 9.88 Å². The Labute approximate surface area is 212 Å². The quantitative estimate of drug-likeness (QED) is 0.438. The number of thioether (sulfide) groups is 1. The largest absolute Gasteiger partial charge is 0.462 e. The maximum absolute atomic E-state index is 13.6. The van der Waals surface area contributed by atoms with Crippen molar-refractivity contribution in [3.05, 3.63) is 41.9 Å². The Kier molecular flexibility index (Phi) is 6.65. The molecule has 0 N–H and O–H groups in total. The van der Waals surface area contributed by atoms with Gasteiger partial charge in [-0.1, -0.05) is 25.7 Å². The van der Waals surface area contributed by atoms with Crippen molar-refractivity contribution in [3.63, 3.8) is 0 Å². The molecule has 3 aliphatic carbocycles. The van der Waals surface area contributed by atoms with Crippen molar-refractivity contribution in [2.24, 2.45) is 17.8 Å². The molecule has 6 rings (SSSR count). The van der Waals surface area contributed by atoms with Crippen molar-refractivity contribution < 1.29 is 19.1 Å². The Bertz CT molecular complexity index is 984. The zero-order valence-electron chi connectivity index (χ0n) is 20.5. The lowest BCUT2D eigenvalue weighted by molar-refractivity contribution is -0.192. The van der Waals surface area contributed by atoms with Crippen LogP contribution < -0.4 is 0 Å². The summed E-state index contributed by atoms with van der Waals surface area (Å²) >= 11 is 1.91. The molecule has 1 aromatic heterocycles. The van der Waals surface area contributed by atoms with Crippen molar-refractivity contribution in [2.45, 2.75) is 93.6 Å². The number of rotatable bonds is 5. The summed E-state index contributed by atoms with van der Waals surface area (Å²) in [7, 11) is 0. The molecule has 188 valence electrons. The zero-order valence-corrected chi connectivity index (χ0v) is 21.3. The standard InChI is InChI=1S/C28H36N2O4S/c1-2-33-28(32)22-15-30-23-11-18-5-3-4-6-19(18)12-24(23)34-25-14-20(13-21(26(25)30)27(22)31)35-16-17-7-9-29-10-8-17/h7-10,15,18-21,23-26H,2-6,11-14,16H2,1H3. The third-order valence-electron chi connectivity index (χ3n) is 9.07. The Balaban J connectivity index is 1.28. The summed E-state index contributed by atoms with van der Waals surface area (Å²) in [6, 6.07) is 4.41. The van der Waals surface area contributed by atoms with Gasteiger partial charge in [0.25, 0.3) is 0 Å². The van der Waals surface area contributed by atoms with E-state index in [1.807, 2.05) is 30.4 Å². The highest BCUT2D eigenvalue weighted by Crippen LogP contribution is 2.51. The molecule has 0 spiro atoms. The summed E-state index contributed by atoms with van der Waals surface area (Å²) in [6.45, 7) is 2.08. The van der Waals surface area contributed by atoms with Crippen LogP contribution in [0.3, 0.4) is 0 Å². The van der Waals surface area contributed by atoms with Crippen molar-refractivity contribution in [2.75, 3.05) is 6.61 Å². The number of carbonyl (C=O) groups excluding carboxylic acids is 2. The van der Waals surface area contributed by atoms with Crippen LogP contribution in [-0.2, 0) is 24.8 Å². The molecule has 2 aliphatic heterocycles. The number of fused-ring (bicyclic) bond motifs is 3. The van der Waals surface area contributed by atoms with E-state index < -0.39 is 5.97 Å². The van der Waals surface area contributed by atoms with E-state index in [9.17, 15) is 9.59 Å². The predicted octanol–water partition coefficient (Wildman–Crippen LogP) is 4.53. The van der Waals surface area contributed by atoms with Crippen molar-refractivity contribution >= 4 is 23.5 Å². The minimum Gasteiger partial charge on any atom is -0.462 e. The molecule has 0 bridgehead atoms. The lowest BCUT2D eigenvalue weighted by Crippen LogP contribution is -2.68. The number of morpholine rings is 1. The third kappa shape index (κ3) is 4.43. The van der Waals surface area contributed by atoms with Gasteiger partial charge in [-0.3, -0.25) is 9.78 Å². The van der Waals surface area contributed by atoms with Crippen molar-refractivity contribution in [3.8, 4) is 0 Å². The Morgan fingerprint density at radius 2 is 1.89 bits per heavy atom. The second kappa shape index (κ2) is 9.89. The number of hydrogen-bond donors (Lipinski definition) is 0. The molecular weight excluding hydrogens is 460 g/mol. The fraction of sp³-hybridized carbons (Fsp3) is 0.679. The van der Waals surface area contributed by atoms with Gasteiger partial charge in [0.15, 0.2) is 5.78 Å². The molecule has 0 amide bonds. The average Bonchev–Trinajstić information content (AvgIpc) is 2.88. The van der Waals surface area contributed by atoms with Gasteiger partial charge >= 0.3 is 5.97 Å². The van der Waals surface area contributed by atoms with E-state index in [-0.39, 0.29) is 48.2 Å². The smallest absolute Gasteiger partial charge is 0.343 e. The zero-order chi connectivity index (χ0) is 23.9. The summed E-state index contributed by atoms with van der Waals surface area (Å²) in [5, 5.41) is 0.323. The van der Waals surface area contributed by atoms with E-state index >= 15 is 0 Å². The summed E-state index contributed by atoms with van der Waals surface area (Å²) in [6.07, 6.45) is 15.0. The summed E-state index contributed by atoms with van der Waals surface area (Å²) in [5.74, 6) is 1.68. The normalized spacial score (nSPS) is 38.0. The molecule has 4 fully saturated rings. The Morgan fingerprint density at radius 3 is 2.66 bits per heavy atom. The number of hydrogen-bond acceptors (Lipinski definition) is 7. The fourth-order valence-electron chi connectivity index (χ4n) is 7.49. The summed E-state index contributed by atoms with van der Waals surface area (Å²) in [5.41, 5.74) is 1.49. The van der Waals surface area contributed by atoms with Gasteiger partial charge in [-0.25, -0.2) is 4.79 Å². The number of nitrogens with zero attached hydrogens (tertiary/aromatic N) is 2. The molecule has 0 radical (unpaired) electrons. The average molecular weight is 497 g/mol. The van der Waals surface area contributed by atoms with E-state index in [1.54, 1.807) is 6.92 Å². The molecule has 1 saturated heterocycles. The monoisotopic (exact) mass is 496 g/mol. The molecule has 6 nitrogen and oxygen atoms in total. The van der Waals surface area contributed by atoms with Gasteiger partial charge in [-0.15, -0.1) is 0 Å². The first-order valence-electron chi connectivity index (χ1n) is 13.5. The lowest BCUT2D eigenvalue weighted by Gasteiger charge is -2.59. The molecule has 3 saturated carbocycles. The maximum atomic E-state index is 13.6. The van der Waals surface area contributed by atoms with E-state index in [2.05, 4.69) is 22.0 Å². The first-order chi connectivity index (χ1) is 17.1. The van der Waals surface area contributed by atoms with Crippen LogP contribution in [0.2, 0.25) is 0 Å². The summed E-state index contributed by atoms with van der Waals surface area (Å²) < 4.78 is 12.2. The molecule has 0 aromatic carbocycles. The molecule has 8 unspecified atom stereocenters. The third-order valence-corrected chi connectivity index (χ3v) is 10.4. The van der Waals surface area contributed by atoms with Gasteiger partial charge in [0, 0.05) is 35.5 Å². The fourth-order valence-corrected chi connectivity index (χ4v) is 8.78. The molecular formula is C28H36N2O4S. The Morgan fingerprint density at radius 1 is 1.11 bits per heavy atom. The SMILES string of the molecule is CCOC(=O)C1=CN2C3CC4CCCCC4CC3OC3CC(SCc4ccncc4)CC(C1=O)C32. The highest BCUT2D eigenvalue weighted by Gasteiger charge is 2.56. The number of Topliss-reactive ketones (excluding diaryl/α,β-unsaturated/α-hetero) is 1. The number of carbonyl (C=O) groups is 2. The topological polar surface area (TPSA) is 68.7 Å². The molecule has 35 heavy (non-hydrogen) atoms. The highest BCUT2D eigenvalue weighted by atomic mass is 32.2. The van der Waals surface area contributed by atoms with Crippen LogP contribution in [0.1, 0.15) is 63.9 Å².